The predicted molar refractivity (Wildman–Crippen MR) is 403 cm³/mol. The zero-order valence-electron chi connectivity index (χ0n) is 54.4. The summed E-state index contributed by atoms with van der Waals surface area (Å²) >= 11 is -0.346. The minimum absolute atomic E-state index is 0.0229. The van der Waals surface area contributed by atoms with E-state index in [9.17, 15) is 0 Å². The summed E-state index contributed by atoms with van der Waals surface area (Å²) in [7, 11) is 8.42. The van der Waals surface area contributed by atoms with E-state index in [0.29, 0.717) is 20.6 Å². The Balaban J connectivity index is 0.000000205. The van der Waals surface area contributed by atoms with Crippen LogP contribution in [-0.2, 0) is 19.9 Å². The molecule has 0 spiro atoms. The molecule has 0 unspecified atom stereocenters. The van der Waals surface area contributed by atoms with Gasteiger partial charge in [0.15, 0.2) is 0 Å². The minimum Gasteiger partial charge on any atom is -0.0622 e. The van der Waals surface area contributed by atoms with Gasteiger partial charge in [-0.2, -0.15) is 0 Å². The Bertz CT molecular complexity index is 2530. The molecule has 0 radical (unpaired) electrons. The van der Waals surface area contributed by atoms with Crippen LogP contribution in [0, 0.1) is 0 Å². The van der Waals surface area contributed by atoms with Gasteiger partial charge in [-0.05, 0) is 130 Å². The number of hydrogen-bond acceptors (Lipinski definition) is 2. The average Bonchev–Trinajstić information content (AvgIpc) is 3.36. The molecule has 1 fully saturated rings. The summed E-state index contributed by atoms with van der Waals surface area (Å²) in [6, 6.07) is 97.0. The van der Waals surface area contributed by atoms with Crippen molar-refractivity contribution in [3.8, 4) is 0 Å². The zero-order valence-corrected chi connectivity index (χ0v) is 62.1. The number of nitrogens with one attached hydrogen (secondary N) is 1. The van der Waals surface area contributed by atoms with Gasteiger partial charge in [0, 0.05) is 13.2 Å². The normalized spacial score (nSPS) is 12.4. The third-order valence-electron chi connectivity index (χ3n) is 14.2. The molecule has 10 rings (SSSR count). The van der Waals surface area contributed by atoms with Gasteiger partial charge in [-0.1, -0.05) is 372 Å². The van der Waals surface area contributed by atoms with E-state index in [1.165, 1.54) is 86.0 Å². The van der Waals surface area contributed by atoms with Crippen LogP contribution in [0.2, 0.25) is 0 Å². The van der Waals surface area contributed by atoms with Gasteiger partial charge in [0.1, 0.15) is 0 Å². The summed E-state index contributed by atoms with van der Waals surface area (Å²) in [6.07, 6.45) is 5.23. The van der Waals surface area contributed by atoms with Gasteiger partial charge in [-0.25, -0.2) is 0 Å². The van der Waals surface area contributed by atoms with Crippen LogP contribution in [0.15, 0.2) is 273 Å². The van der Waals surface area contributed by atoms with Crippen LogP contribution in [0.5, 0.6) is 0 Å². The smallest absolute Gasteiger partial charge is 0.0134 e. The third-order valence-corrected chi connectivity index (χ3v) is 29.4. The van der Waals surface area contributed by atoms with E-state index in [2.05, 4.69) is 361 Å². The van der Waals surface area contributed by atoms with Crippen molar-refractivity contribution in [3.05, 3.63) is 273 Å². The summed E-state index contributed by atoms with van der Waals surface area (Å²) in [5.74, 6) is 0. The molecule has 0 aromatic heterocycles. The summed E-state index contributed by atoms with van der Waals surface area (Å²) in [5.41, 5.74) is 0. The van der Waals surface area contributed by atoms with Gasteiger partial charge in [-0.3, -0.25) is 0 Å². The van der Waals surface area contributed by atoms with Gasteiger partial charge in [0.25, 0.3) is 0 Å². The molecule has 1 aliphatic heterocycles. The van der Waals surface area contributed by atoms with Crippen molar-refractivity contribution in [2.45, 2.75) is 117 Å². The van der Waals surface area contributed by atoms with Crippen molar-refractivity contribution in [2.24, 2.45) is 0 Å². The molecule has 0 aliphatic carbocycles. The summed E-state index contributed by atoms with van der Waals surface area (Å²) in [6.45, 7) is 33.4. The van der Waals surface area contributed by atoms with Crippen LogP contribution < -0.4 is 53.1 Å². The zero-order chi connectivity index (χ0) is 63.7. The molecular formula is C78H98Cl2NOP5Ru. The monoisotopic (exact) mass is 1390 g/mol. The van der Waals surface area contributed by atoms with Crippen molar-refractivity contribution in [3.63, 3.8) is 0 Å². The maximum absolute atomic E-state index is 4.94. The fourth-order valence-electron chi connectivity index (χ4n) is 10.9. The van der Waals surface area contributed by atoms with E-state index in [1.54, 1.807) is 0 Å². The Hall–Kier alpha value is -3.75. The number of halogens is 2. The molecular weight excluding hydrogens is 1290 g/mol. The SMILES string of the molecule is C1CCOC1.CC(C)(C)P(CCNCCP(C(C)(C)C)C(C)(C)C)C(C)(C)C.[Cl][Ru][Cl].c1ccc(P(c2ccccc2)c2ccccc2)cc1.c1ccc(P(c2ccccc2)c2ccccc2)cc1.c1ccc(P(c2ccccc2)c2ccccc2)cc1. The molecule has 468 valence electrons. The molecule has 1 saturated heterocycles. The molecule has 1 aliphatic rings. The van der Waals surface area contributed by atoms with Crippen LogP contribution in [0.1, 0.15) is 95.9 Å². The second kappa shape index (κ2) is 40.3. The van der Waals surface area contributed by atoms with Crippen LogP contribution in [0.25, 0.3) is 0 Å². The maximum atomic E-state index is 4.94. The second-order valence-corrected chi connectivity index (χ2v) is 42.4. The van der Waals surface area contributed by atoms with Crippen molar-refractivity contribution in [2.75, 3.05) is 38.6 Å². The topological polar surface area (TPSA) is 21.3 Å². The Morgan fingerprint density at radius 2 is 0.443 bits per heavy atom. The first-order valence-corrected chi connectivity index (χ1v) is 42.3. The van der Waals surface area contributed by atoms with Crippen molar-refractivity contribution >= 4 is 107 Å². The molecule has 88 heavy (non-hydrogen) atoms. The first-order chi connectivity index (χ1) is 42.2. The first-order valence-electron chi connectivity index (χ1n) is 30.8. The number of benzene rings is 9. The van der Waals surface area contributed by atoms with Gasteiger partial charge in [0.2, 0.25) is 0 Å². The average molecular weight is 1390 g/mol. The Labute approximate surface area is 555 Å². The molecule has 0 saturated carbocycles. The molecule has 0 bridgehead atoms. The Morgan fingerprint density at radius 3 is 0.557 bits per heavy atom. The van der Waals surface area contributed by atoms with E-state index in [0.717, 1.165) is 13.2 Å². The van der Waals surface area contributed by atoms with E-state index >= 15 is 0 Å². The molecule has 2 nitrogen and oxygen atoms in total. The second-order valence-electron chi connectivity index (χ2n) is 25.1. The Morgan fingerprint density at radius 1 is 0.295 bits per heavy atom. The molecule has 10 heteroatoms. The maximum Gasteiger partial charge on any atom is -0.0134 e. The molecule has 9 aromatic rings. The quantitative estimate of drug-likeness (QED) is 0.0627. The van der Waals surface area contributed by atoms with Gasteiger partial charge >= 0.3 is 34.5 Å². The number of hydrogen-bond donors (Lipinski definition) is 1. The minimum atomic E-state index is -0.446. The molecule has 0 atom stereocenters. The van der Waals surface area contributed by atoms with E-state index in [1.807, 2.05) is 0 Å². The van der Waals surface area contributed by atoms with E-state index in [4.69, 9.17) is 24.1 Å². The fraction of sp³-hybridized carbons (Fsp3) is 0.308. The van der Waals surface area contributed by atoms with Crippen LogP contribution in [0.3, 0.4) is 0 Å². The largest absolute Gasteiger partial charge is 0.0622 e. The summed E-state index contributed by atoms with van der Waals surface area (Å²) in [5, 5.41) is 18.1. The third kappa shape index (κ3) is 27.2. The number of ether oxygens (including phenoxy) is 1. The van der Waals surface area contributed by atoms with E-state index < -0.39 is 23.8 Å². The fourth-order valence-corrected chi connectivity index (χ4v) is 25.3. The van der Waals surface area contributed by atoms with Crippen LogP contribution >= 0.6 is 59.0 Å². The van der Waals surface area contributed by atoms with Gasteiger partial charge < -0.3 is 10.1 Å². The van der Waals surface area contributed by atoms with Gasteiger partial charge in [0.05, 0.1) is 0 Å². The molecule has 0 amide bonds. The van der Waals surface area contributed by atoms with Crippen molar-refractivity contribution in [1.82, 2.24) is 5.32 Å². The van der Waals surface area contributed by atoms with Crippen molar-refractivity contribution in [1.29, 1.82) is 0 Å². The molecule has 1 heterocycles. The predicted octanol–water partition coefficient (Wildman–Crippen LogP) is 19.2. The molecule has 9 aromatic carbocycles. The number of rotatable bonds is 15. The molecule has 1 N–H and O–H groups in total. The standard InChI is InChI=1S/C20H45NP2.3C18H15P.C4H8O.2ClH.Ru/c1-17(2,3)22(18(4,5)6)15-13-21-14-16-23(19(7,8)9)20(10,11)12;3*1-4-10-16(11-5-1)19(17-12-6-2-7-13-17)18-14-8-3-9-15-18;1-2-4-5-3-1;;;/h21H,13-16H2,1-12H3;3*1-15H;1-4H2;2*1H;/q;;;;;;;+2/p-2. The summed E-state index contributed by atoms with van der Waals surface area (Å²) in [4.78, 5) is 0. The summed E-state index contributed by atoms with van der Waals surface area (Å²) < 4.78 is 4.94. The van der Waals surface area contributed by atoms with Crippen LogP contribution in [0.4, 0.5) is 0 Å². The van der Waals surface area contributed by atoms with Gasteiger partial charge in [-0.15, -0.1) is 0 Å². The first kappa shape index (κ1) is 75.0. The van der Waals surface area contributed by atoms with E-state index in [-0.39, 0.29) is 31.0 Å². The van der Waals surface area contributed by atoms with Crippen molar-refractivity contribution < 1.29 is 19.9 Å². The Kier molecular flexibility index (Phi) is 34.3. The van der Waals surface area contributed by atoms with Crippen LogP contribution in [-0.4, -0.2) is 59.3 Å².